The van der Waals surface area contributed by atoms with Crippen LogP contribution >= 0.6 is 0 Å². The summed E-state index contributed by atoms with van der Waals surface area (Å²) in [6.07, 6.45) is -6.24. The summed E-state index contributed by atoms with van der Waals surface area (Å²) in [6.45, 7) is 1.31. The Balaban J connectivity index is 4.23. The molecule has 0 saturated carbocycles. The van der Waals surface area contributed by atoms with E-state index in [1.165, 1.54) is 6.92 Å². The first-order chi connectivity index (χ1) is 6.41. The van der Waals surface area contributed by atoms with Crippen molar-refractivity contribution in [1.82, 2.24) is 0 Å². The number of carbonyl (C=O) groups is 1. The summed E-state index contributed by atoms with van der Waals surface area (Å²) in [6, 6.07) is 0. The Labute approximate surface area is 82.0 Å². The van der Waals surface area contributed by atoms with E-state index in [9.17, 15) is 15.0 Å². The molecule has 4 atom stereocenters. The van der Waals surface area contributed by atoms with Gasteiger partial charge in [0.2, 0.25) is 0 Å². The van der Waals surface area contributed by atoms with Crippen LogP contribution in [0.3, 0.4) is 0 Å². The molecule has 0 amide bonds. The maximum atomic E-state index is 11.0. The molecule has 6 nitrogen and oxygen atoms in total. The second-order valence-corrected chi connectivity index (χ2v) is 3.17. The van der Waals surface area contributed by atoms with Gasteiger partial charge in [-0.15, -0.1) is 0 Å². The molecule has 0 radical (unpaired) electrons. The van der Waals surface area contributed by atoms with Gasteiger partial charge in [0.05, 0.1) is 6.10 Å². The Morgan fingerprint density at radius 3 is 2.07 bits per heavy atom. The van der Waals surface area contributed by atoms with Gasteiger partial charge in [-0.3, -0.25) is 4.79 Å². The first-order valence-electron chi connectivity index (χ1n) is 4.36. The Kier molecular flexibility index (Phi) is 5.82. The van der Waals surface area contributed by atoms with Gasteiger partial charge in [0.1, 0.15) is 18.3 Å². The molecule has 0 aliphatic heterocycles. The number of rotatable bonds is 6. The molecule has 84 valence electrons. The minimum Gasteiger partial charge on any atom is -0.391 e. The smallest absolute Gasteiger partial charge is 0.165 e. The standard InChI is InChI=1S/C8H17NO5/c1-4(10)6(12)8(14)7(13)5(11)2-3-9/h4,6-8,10,12-14H,2-3,9H2,1H3/t4-,6+,7+,8+/m1/s1. The van der Waals surface area contributed by atoms with Crippen molar-refractivity contribution in [2.75, 3.05) is 6.54 Å². The van der Waals surface area contributed by atoms with Gasteiger partial charge in [0.15, 0.2) is 5.78 Å². The molecule has 14 heavy (non-hydrogen) atoms. The van der Waals surface area contributed by atoms with Crippen molar-refractivity contribution in [3.63, 3.8) is 0 Å². The Bertz CT molecular complexity index is 185. The third kappa shape index (κ3) is 3.69. The molecule has 0 aliphatic rings. The van der Waals surface area contributed by atoms with E-state index < -0.39 is 30.2 Å². The van der Waals surface area contributed by atoms with Crippen LogP contribution in [0.1, 0.15) is 13.3 Å². The fraction of sp³-hybridized carbons (Fsp3) is 0.875. The third-order valence-corrected chi connectivity index (χ3v) is 1.89. The fourth-order valence-corrected chi connectivity index (χ4v) is 0.953. The van der Waals surface area contributed by atoms with Crippen LogP contribution < -0.4 is 5.73 Å². The Morgan fingerprint density at radius 2 is 1.71 bits per heavy atom. The highest BCUT2D eigenvalue weighted by molar-refractivity contribution is 5.83. The predicted molar refractivity (Wildman–Crippen MR) is 48.4 cm³/mol. The first kappa shape index (κ1) is 13.5. The van der Waals surface area contributed by atoms with Crippen molar-refractivity contribution < 1.29 is 25.2 Å². The van der Waals surface area contributed by atoms with Crippen LogP contribution in [0.2, 0.25) is 0 Å². The van der Waals surface area contributed by atoms with Crippen LogP contribution in [0.4, 0.5) is 0 Å². The molecule has 6 heteroatoms. The summed E-state index contributed by atoms with van der Waals surface area (Å²) in [7, 11) is 0. The lowest BCUT2D eigenvalue weighted by atomic mass is 9.99. The Hall–Kier alpha value is -0.530. The van der Waals surface area contributed by atoms with Gasteiger partial charge in [-0.2, -0.15) is 0 Å². The van der Waals surface area contributed by atoms with Crippen LogP contribution in [0, 0.1) is 0 Å². The second kappa shape index (κ2) is 6.05. The molecule has 0 aromatic heterocycles. The molecule has 0 aliphatic carbocycles. The van der Waals surface area contributed by atoms with Crippen molar-refractivity contribution in [1.29, 1.82) is 0 Å². The fourth-order valence-electron chi connectivity index (χ4n) is 0.953. The summed E-state index contributed by atoms with van der Waals surface area (Å²) >= 11 is 0. The minimum absolute atomic E-state index is 0.0629. The van der Waals surface area contributed by atoms with Crippen LogP contribution in [0.15, 0.2) is 0 Å². The zero-order valence-corrected chi connectivity index (χ0v) is 8.00. The van der Waals surface area contributed by atoms with Gasteiger partial charge >= 0.3 is 0 Å². The average molecular weight is 207 g/mol. The third-order valence-electron chi connectivity index (χ3n) is 1.89. The van der Waals surface area contributed by atoms with Gasteiger partial charge in [-0.1, -0.05) is 0 Å². The molecule has 0 rings (SSSR count). The summed E-state index contributed by atoms with van der Waals surface area (Å²) < 4.78 is 0. The summed E-state index contributed by atoms with van der Waals surface area (Å²) in [5, 5.41) is 36.5. The number of hydrogen-bond acceptors (Lipinski definition) is 6. The molecule has 0 spiro atoms. The lowest BCUT2D eigenvalue weighted by Crippen LogP contribution is -2.47. The number of aliphatic hydroxyl groups is 4. The van der Waals surface area contributed by atoms with Crippen molar-refractivity contribution in [2.24, 2.45) is 5.73 Å². The first-order valence-corrected chi connectivity index (χ1v) is 4.36. The molecular formula is C8H17NO5. The number of aliphatic hydroxyl groups excluding tert-OH is 4. The van der Waals surface area contributed by atoms with Gasteiger partial charge < -0.3 is 26.2 Å². The SMILES string of the molecule is C[C@@H](O)[C@H](O)[C@H](O)[C@@H](O)C(=O)CCN. The van der Waals surface area contributed by atoms with E-state index in [0.29, 0.717) is 0 Å². The molecule has 0 heterocycles. The lowest BCUT2D eigenvalue weighted by Gasteiger charge is -2.23. The van der Waals surface area contributed by atoms with Crippen molar-refractivity contribution in [2.45, 2.75) is 37.8 Å². The molecule has 0 bridgehead atoms. The number of ketones is 1. The van der Waals surface area contributed by atoms with Gasteiger partial charge in [0, 0.05) is 6.42 Å². The van der Waals surface area contributed by atoms with E-state index in [1.54, 1.807) is 0 Å². The highest BCUT2D eigenvalue weighted by atomic mass is 16.4. The van der Waals surface area contributed by atoms with Gasteiger partial charge in [0.25, 0.3) is 0 Å². The predicted octanol–water partition coefficient (Wildman–Crippen LogP) is -2.63. The average Bonchev–Trinajstić information content (AvgIpc) is 2.14. The normalized spacial score (nSPS) is 19.9. The van der Waals surface area contributed by atoms with E-state index in [4.69, 9.17) is 15.9 Å². The van der Waals surface area contributed by atoms with E-state index in [1.807, 2.05) is 0 Å². The van der Waals surface area contributed by atoms with Crippen molar-refractivity contribution >= 4 is 5.78 Å². The second-order valence-electron chi connectivity index (χ2n) is 3.17. The number of carbonyl (C=O) groups excluding carboxylic acids is 1. The van der Waals surface area contributed by atoms with Crippen molar-refractivity contribution in [3.8, 4) is 0 Å². The molecule has 0 fully saturated rings. The van der Waals surface area contributed by atoms with E-state index in [0.717, 1.165) is 0 Å². The zero-order chi connectivity index (χ0) is 11.3. The topological polar surface area (TPSA) is 124 Å². The molecule has 0 saturated heterocycles. The Morgan fingerprint density at radius 1 is 1.21 bits per heavy atom. The molecular weight excluding hydrogens is 190 g/mol. The van der Waals surface area contributed by atoms with Crippen LogP contribution in [0.25, 0.3) is 0 Å². The minimum atomic E-state index is -1.71. The molecule has 6 N–H and O–H groups in total. The zero-order valence-electron chi connectivity index (χ0n) is 8.00. The van der Waals surface area contributed by atoms with Crippen molar-refractivity contribution in [3.05, 3.63) is 0 Å². The maximum absolute atomic E-state index is 11.0. The number of nitrogens with two attached hydrogens (primary N) is 1. The lowest BCUT2D eigenvalue weighted by molar-refractivity contribution is -0.143. The summed E-state index contributed by atoms with van der Waals surface area (Å²) in [5.74, 6) is -0.653. The largest absolute Gasteiger partial charge is 0.391 e. The van der Waals surface area contributed by atoms with E-state index >= 15 is 0 Å². The van der Waals surface area contributed by atoms with E-state index in [2.05, 4.69) is 0 Å². The monoisotopic (exact) mass is 207 g/mol. The number of Topliss-reactive ketones (excluding diaryl/α,β-unsaturated/α-hetero) is 1. The molecule has 0 unspecified atom stereocenters. The number of hydrogen-bond donors (Lipinski definition) is 5. The maximum Gasteiger partial charge on any atom is 0.165 e. The molecule has 0 aromatic rings. The summed E-state index contributed by atoms with van der Waals surface area (Å²) in [5.41, 5.74) is 5.08. The van der Waals surface area contributed by atoms with Crippen LogP contribution in [0.5, 0.6) is 0 Å². The quantitative estimate of drug-likeness (QED) is 0.324. The molecule has 0 aromatic carbocycles. The van der Waals surface area contributed by atoms with E-state index in [-0.39, 0.29) is 13.0 Å². The van der Waals surface area contributed by atoms with Gasteiger partial charge in [-0.25, -0.2) is 0 Å². The van der Waals surface area contributed by atoms with Crippen LogP contribution in [-0.4, -0.2) is 57.2 Å². The van der Waals surface area contributed by atoms with Crippen LogP contribution in [-0.2, 0) is 4.79 Å². The summed E-state index contributed by atoms with van der Waals surface area (Å²) in [4.78, 5) is 11.0. The van der Waals surface area contributed by atoms with Gasteiger partial charge in [-0.05, 0) is 13.5 Å². The highest BCUT2D eigenvalue weighted by Crippen LogP contribution is 2.06. The highest BCUT2D eigenvalue weighted by Gasteiger charge is 2.31.